The van der Waals surface area contributed by atoms with Crippen LogP contribution in [0.4, 0.5) is 0 Å². The van der Waals surface area contributed by atoms with Gasteiger partial charge in [-0.15, -0.1) is 11.8 Å². The van der Waals surface area contributed by atoms with Gasteiger partial charge in [-0.25, -0.2) is 0 Å². The molecular formula is C19H23Cl2NO3S. The van der Waals surface area contributed by atoms with E-state index in [1.807, 2.05) is 0 Å². The van der Waals surface area contributed by atoms with Crippen molar-refractivity contribution in [1.29, 1.82) is 0 Å². The van der Waals surface area contributed by atoms with E-state index in [2.05, 4.69) is 12.2 Å². The molecule has 0 radical (unpaired) electrons. The molecule has 1 N–H and O–H groups in total. The zero-order valence-electron chi connectivity index (χ0n) is 14.7. The maximum Gasteiger partial charge on any atom is 0.316 e. The van der Waals surface area contributed by atoms with Gasteiger partial charge in [0.2, 0.25) is 0 Å². The summed E-state index contributed by atoms with van der Waals surface area (Å²) >= 11 is 13.2. The van der Waals surface area contributed by atoms with E-state index in [9.17, 15) is 9.59 Å². The molecule has 4 nitrogen and oxygen atoms in total. The summed E-state index contributed by atoms with van der Waals surface area (Å²) in [6, 6.07) is 5.21. The first-order chi connectivity index (χ1) is 12.4. The number of amides is 1. The Morgan fingerprint density at radius 2 is 2.12 bits per heavy atom. The average molecular weight is 416 g/mol. The van der Waals surface area contributed by atoms with E-state index in [1.54, 1.807) is 18.2 Å². The van der Waals surface area contributed by atoms with Crippen molar-refractivity contribution in [3.63, 3.8) is 0 Å². The number of hydrogen-bond donors (Lipinski definition) is 1. The highest BCUT2D eigenvalue weighted by atomic mass is 35.5. The van der Waals surface area contributed by atoms with Gasteiger partial charge in [-0.2, -0.15) is 0 Å². The van der Waals surface area contributed by atoms with Crippen LogP contribution in [-0.4, -0.2) is 30.3 Å². The Balaban J connectivity index is 1.37. The highest BCUT2D eigenvalue weighted by Gasteiger charge is 2.42. The molecule has 2 aliphatic rings. The summed E-state index contributed by atoms with van der Waals surface area (Å²) in [6.45, 7) is 1.82. The third-order valence-corrected chi connectivity index (χ3v) is 7.13. The molecule has 2 saturated carbocycles. The van der Waals surface area contributed by atoms with E-state index in [0.29, 0.717) is 20.9 Å². The van der Waals surface area contributed by atoms with Gasteiger partial charge in [0.25, 0.3) is 5.91 Å². The molecule has 26 heavy (non-hydrogen) atoms. The number of benzene rings is 1. The summed E-state index contributed by atoms with van der Waals surface area (Å²) in [6.07, 6.45) is 5.15. The van der Waals surface area contributed by atoms with Crippen LogP contribution in [0.5, 0.6) is 0 Å². The van der Waals surface area contributed by atoms with Crippen LogP contribution in [0.25, 0.3) is 0 Å². The van der Waals surface area contributed by atoms with Gasteiger partial charge in [0, 0.05) is 16.0 Å². The number of fused-ring (bicyclic) bond motifs is 2. The predicted octanol–water partition coefficient (Wildman–Crippen LogP) is 4.57. The number of carbonyl (C=O) groups excluding carboxylic acids is 2. The van der Waals surface area contributed by atoms with Gasteiger partial charge in [0.05, 0.1) is 10.8 Å². The number of ether oxygens (including phenoxy) is 1. The fourth-order valence-corrected chi connectivity index (χ4v) is 5.51. The number of nitrogens with one attached hydrogen (secondary N) is 1. The van der Waals surface area contributed by atoms with Crippen LogP contribution in [0.3, 0.4) is 0 Å². The molecule has 1 aromatic carbocycles. The topological polar surface area (TPSA) is 55.4 Å². The third kappa shape index (κ3) is 5.08. The molecule has 1 amide bonds. The molecule has 0 saturated heterocycles. The fourth-order valence-electron chi connectivity index (χ4n) is 4.22. The largest absolute Gasteiger partial charge is 0.455 e. The van der Waals surface area contributed by atoms with Gasteiger partial charge in [-0.3, -0.25) is 9.59 Å². The number of esters is 1. The zero-order chi connectivity index (χ0) is 18.7. The number of carbonyl (C=O) groups is 2. The number of hydrogen-bond acceptors (Lipinski definition) is 4. The smallest absolute Gasteiger partial charge is 0.316 e. The lowest BCUT2D eigenvalue weighted by Gasteiger charge is -2.28. The van der Waals surface area contributed by atoms with Gasteiger partial charge in [-0.05, 0) is 62.1 Å². The fraction of sp³-hybridized carbons (Fsp3) is 0.579. The van der Waals surface area contributed by atoms with E-state index >= 15 is 0 Å². The zero-order valence-corrected chi connectivity index (χ0v) is 17.0. The first-order valence-corrected chi connectivity index (χ1v) is 10.7. The van der Waals surface area contributed by atoms with Gasteiger partial charge in [-0.1, -0.05) is 29.6 Å². The Hall–Kier alpha value is -0.910. The Morgan fingerprint density at radius 1 is 1.31 bits per heavy atom. The second-order valence-corrected chi connectivity index (χ2v) is 9.08. The summed E-state index contributed by atoms with van der Waals surface area (Å²) in [5.74, 6) is 1.55. The number of rotatable bonds is 7. The van der Waals surface area contributed by atoms with Crippen LogP contribution in [0.15, 0.2) is 23.1 Å². The molecule has 2 aliphatic carbocycles. The summed E-state index contributed by atoms with van der Waals surface area (Å²) in [7, 11) is 0. The number of halogens is 2. The van der Waals surface area contributed by atoms with Crippen molar-refractivity contribution >= 4 is 46.8 Å². The standard InChI is InChI=1S/C19H23Cl2NO3S/c1-11(15-7-12-2-3-13(15)6-12)22-18(23)9-25-19(24)10-26-17-8-14(20)4-5-16(17)21/h4-5,8,11-13,15H,2-3,6-7,9-10H2,1H3,(H,22,23)/t11-,12-,13-,15+/m0/s1. The normalized spacial score (nSPS) is 25.1. The molecular weight excluding hydrogens is 393 g/mol. The van der Waals surface area contributed by atoms with E-state index in [1.165, 1.54) is 37.4 Å². The van der Waals surface area contributed by atoms with Crippen LogP contribution in [-0.2, 0) is 14.3 Å². The molecule has 3 rings (SSSR count). The lowest BCUT2D eigenvalue weighted by Crippen LogP contribution is -2.42. The van der Waals surface area contributed by atoms with Gasteiger partial charge >= 0.3 is 5.97 Å². The molecule has 0 aliphatic heterocycles. The summed E-state index contributed by atoms with van der Waals surface area (Å²) in [5, 5.41) is 4.08. The van der Waals surface area contributed by atoms with Gasteiger partial charge in [0.15, 0.2) is 6.61 Å². The minimum absolute atomic E-state index is 0.0786. The minimum Gasteiger partial charge on any atom is -0.455 e. The van der Waals surface area contributed by atoms with Crippen molar-refractivity contribution < 1.29 is 14.3 Å². The summed E-state index contributed by atoms with van der Waals surface area (Å²) in [4.78, 5) is 24.6. The number of thioether (sulfide) groups is 1. The maximum atomic E-state index is 12.1. The van der Waals surface area contributed by atoms with Crippen LogP contribution in [0.1, 0.15) is 32.6 Å². The van der Waals surface area contributed by atoms with Crippen LogP contribution in [0.2, 0.25) is 10.0 Å². The minimum atomic E-state index is -0.450. The highest BCUT2D eigenvalue weighted by Crippen LogP contribution is 2.49. The van der Waals surface area contributed by atoms with E-state index in [-0.39, 0.29) is 24.3 Å². The maximum absolute atomic E-state index is 12.1. The van der Waals surface area contributed by atoms with Crippen molar-refractivity contribution in [2.24, 2.45) is 17.8 Å². The van der Waals surface area contributed by atoms with Crippen molar-refractivity contribution in [2.75, 3.05) is 12.4 Å². The van der Waals surface area contributed by atoms with Crippen molar-refractivity contribution in [3.8, 4) is 0 Å². The summed E-state index contributed by atoms with van der Waals surface area (Å²) < 4.78 is 5.07. The first-order valence-electron chi connectivity index (χ1n) is 8.95. The molecule has 4 atom stereocenters. The van der Waals surface area contributed by atoms with E-state index in [0.717, 1.165) is 11.8 Å². The quantitative estimate of drug-likeness (QED) is 0.523. The van der Waals surface area contributed by atoms with Crippen molar-refractivity contribution in [3.05, 3.63) is 28.2 Å². The molecule has 0 spiro atoms. The molecule has 0 aromatic heterocycles. The van der Waals surface area contributed by atoms with Gasteiger partial charge in [0.1, 0.15) is 0 Å². The molecule has 0 unspecified atom stereocenters. The SMILES string of the molecule is C[C@H](NC(=O)COC(=O)CSc1cc(Cl)ccc1Cl)[C@H]1C[C@H]2CC[C@H]1C2. The Kier molecular flexibility index (Phi) is 6.76. The highest BCUT2D eigenvalue weighted by molar-refractivity contribution is 8.00. The first kappa shape index (κ1) is 19.8. The molecule has 2 fully saturated rings. The third-order valence-electron chi connectivity index (χ3n) is 5.43. The molecule has 142 valence electrons. The lowest BCUT2D eigenvalue weighted by atomic mass is 9.84. The van der Waals surface area contributed by atoms with E-state index in [4.69, 9.17) is 27.9 Å². The van der Waals surface area contributed by atoms with Crippen LogP contribution < -0.4 is 5.32 Å². The lowest BCUT2D eigenvalue weighted by molar-refractivity contribution is -0.146. The van der Waals surface area contributed by atoms with Crippen LogP contribution >= 0.6 is 35.0 Å². The Morgan fingerprint density at radius 3 is 2.81 bits per heavy atom. The molecule has 7 heteroatoms. The Bertz CT molecular complexity index is 685. The second kappa shape index (κ2) is 8.85. The van der Waals surface area contributed by atoms with Crippen molar-refractivity contribution in [2.45, 2.75) is 43.5 Å². The summed E-state index contributed by atoms with van der Waals surface area (Å²) in [5.41, 5.74) is 0. The molecule has 1 aromatic rings. The van der Waals surface area contributed by atoms with Gasteiger partial charge < -0.3 is 10.1 Å². The second-order valence-electron chi connectivity index (χ2n) is 7.22. The predicted molar refractivity (Wildman–Crippen MR) is 105 cm³/mol. The van der Waals surface area contributed by atoms with E-state index < -0.39 is 5.97 Å². The average Bonchev–Trinajstić information content (AvgIpc) is 3.24. The monoisotopic (exact) mass is 415 g/mol. The van der Waals surface area contributed by atoms with Crippen LogP contribution in [0, 0.1) is 17.8 Å². The van der Waals surface area contributed by atoms with Crippen molar-refractivity contribution in [1.82, 2.24) is 5.32 Å². The molecule has 0 heterocycles. The Labute approximate surface area is 168 Å². The molecule has 2 bridgehead atoms.